The number of carbonyl (C=O) groups is 1. The Morgan fingerprint density at radius 3 is 2.80 bits per heavy atom. The second kappa shape index (κ2) is 7.24. The third-order valence-corrected chi connectivity index (χ3v) is 5.05. The van der Waals surface area contributed by atoms with Gasteiger partial charge >= 0.3 is 6.09 Å². The average Bonchev–Trinajstić information content (AvgIpc) is 2.62. The highest BCUT2D eigenvalue weighted by Crippen LogP contribution is 2.52. The van der Waals surface area contributed by atoms with Gasteiger partial charge in [-0.25, -0.2) is 9.18 Å². The summed E-state index contributed by atoms with van der Waals surface area (Å²) in [7, 11) is 0. The van der Waals surface area contributed by atoms with E-state index >= 15 is 0 Å². The molecule has 0 saturated carbocycles. The summed E-state index contributed by atoms with van der Waals surface area (Å²) in [6.45, 7) is 5.36. The lowest BCUT2D eigenvalue weighted by molar-refractivity contribution is 0.0545. The van der Waals surface area contributed by atoms with Gasteiger partial charge in [0.15, 0.2) is 11.6 Å². The van der Waals surface area contributed by atoms with Crippen LogP contribution in [0, 0.1) is 5.82 Å². The molecule has 0 bridgehead atoms. The predicted molar refractivity (Wildman–Crippen MR) is 111 cm³/mol. The normalized spacial score (nSPS) is 20.0. The van der Waals surface area contributed by atoms with Crippen molar-refractivity contribution in [2.75, 3.05) is 13.2 Å². The number of aromatic hydroxyl groups is 1. The fourth-order valence-corrected chi connectivity index (χ4v) is 3.94. The van der Waals surface area contributed by atoms with Crippen LogP contribution >= 0.6 is 15.9 Å². The van der Waals surface area contributed by atoms with E-state index in [-0.39, 0.29) is 30.5 Å². The number of amides is 1. The zero-order chi connectivity index (χ0) is 21.7. The molecule has 0 saturated heterocycles. The fourth-order valence-electron chi connectivity index (χ4n) is 3.51. The molecule has 158 valence electrons. The summed E-state index contributed by atoms with van der Waals surface area (Å²) in [6.07, 6.45) is -0.675. The number of alkyl carbamates (subject to hydrolysis) is 1. The number of nitrogens with zero attached hydrogens (tertiary/aromatic N) is 1. The Labute approximate surface area is 181 Å². The minimum atomic E-state index is -1.23. The molecule has 2 aliphatic heterocycles. The number of rotatable bonds is 0. The van der Waals surface area contributed by atoms with Crippen LogP contribution in [0.25, 0.3) is 0 Å². The maximum Gasteiger partial charge on any atom is 0.413 e. The minimum Gasteiger partial charge on any atom is -0.508 e. The first-order valence-electron chi connectivity index (χ1n) is 9.25. The van der Waals surface area contributed by atoms with Crippen molar-refractivity contribution >= 4 is 27.9 Å². The van der Waals surface area contributed by atoms with Crippen LogP contribution in [0.3, 0.4) is 0 Å². The van der Waals surface area contributed by atoms with E-state index in [4.69, 9.17) is 19.2 Å². The van der Waals surface area contributed by atoms with Crippen molar-refractivity contribution in [1.29, 1.82) is 0 Å². The lowest BCUT2D eigenvalue weighted by atomic mass is 9.80. The van der Waals surface area contributed by atoms with Crippen molar-refractivity contribution in [3.8, 4) is 17.2 Å². The van der Waals surface area contributed by atoms with Gasteiger partial charge in [0.25, 0.3) is 0 Å². The summed E-state index contributed by atoms with van der Waals surface area (Å²) in [4.78, 5) is 17.0. The second-order valence-corrected chi connectivity index (χ2v) is 9.00. The van der Waals surface area contributed by atoms with E-state index in [0.717, 1.165) is 0 Å². The molecule has 30 heavy (non-hydrogen) atoms. The molecule has 2 N–H and O–H groups in total. The molecule has 1 atom stereocenters. The molecule has 4 rings (SSSR count). The Bertz CT molecular complexity index is 1070. The highest BCUT2D eigenvalue weighted by atomic mass is 79.9. The molecule has 2 aromatic rings. The standard InChI is InChI=1S/C21H20BrFN2O5/c1-20(2,3)30-19(27)24-17-9-28-10-21(25-17)13-8-12(26)4-5-16(13)29-18-14(21)6-11(22)7-15(18)23/h4-8,26H,9-10H2,1-3H3,(H,24,25,27)/t21-/m0/s1. The number of amidine groups is 1. The van der Waals surface area contributed by atoms with Crippen LogP contribution in [0.15, 0.2) is 39.8 Å². The van der Waals surface area contributed by atoms with Crippen LogP contribution in [0.4, 0.5) is 9.18 Å². The number of ether oxygens (including phenoxy) is 3. The lowest BCUT2D eigenvalue weighted by Crippen LogP contribution is -2.46. The molecule has 2 aromatic carbocycles. The number of hydrogen-bond donors (Lipinski definition) is 2. The van der Waals surface area contributed by atoms with E-state index in [1.54, 1.807) is 32.9 Å². The molecule has 0 radical (unpaired) electrons. The highest BCUT2D eigenvalue weighted by molar-refractivity contribution is 9.10. The minimum absolute atomic E-state index is 0.00179. The monoisotopic (exact) mass is 478 g/mol. The van der Waals surface area contributed by atoms with Crippen LogP contribution in [0.5, 0.6) is 17.2 Å². The number of phenolic OH excluding ortho intramolecular Hbond substituents is 1. The van der Waals surface area contributed by atoms with Gasteiger partial charge in [-0.3, -0.25) is 10.3 Å². The van der Waals surface area contributed by atoms with Crippen LogP contribution in [-0.4, -0.2) is 35.9 Å². The van der Waals surface area contributed by atoms with Crippen molar-refractivity contribution in [2.24, 2.45) is 4.99 Å². The molecular weight excluding hydrogens is 459 g/mol. The first-order valence-corrected chi connectivity index (χ1v) is 10.0. The summed E-state index contributed by atoms with van der Waals surface area (Å²) in [5, 5.41) is 12.7. The van der Waals surface area contributed by atoms with Gasteiger partial charge in [-0.2, -0.15) is 0 Å². The number of aliphatic imine (C=N–C) groups is 1. The molecule has 1 spiro atoms. The summed E-state index contributed by atoms with van der Waals surface area (Å²) in [6, 6.07) is 7.48. The van der Waals surface area contributed by atoms with Crippen molar-refractivity contribution in [3.63, 3.8) is 0 Å². The lowest BCUT2D eigenvalue weighted by Gasteiger charge is -2.39. The van der Waals surface area contributed by atoms with Gasteiger partial charge in [-0.05, 0) is 51.1 Å². The van der Waals surface area contributed by atoms with E-state index in [1.165, 1.54) is 18.2 Å². The summed E-state index contributed by atoms with van der Waals surface area (Å²) < 4.78 is 32.1. The van der Waals surface area contributed by atoms with Gasteiger partial charge in [-0.1, -0.05) is 15.9 Å². The second-order valence-electron chi connectivity index (χ2n) is 8.09. The van der Waals surface area contributed by atoms with Gasteiger partial charge in [0.05, 0.1) is 6.61 Å². The van der Waals surface area contributed by atoms with Crippen molar-refractivity contribution in [3.05, 3.63) is 51.7 Å². The third-order valence-electron chi connectivity index (χ3n) is 4.60. The van der Waals surface area contributed by atoms with Crippen LogP contribution in [0.2, 0.25) is 0 Å². The van der Waals surface area contributed by atoms with Gasteiger partial charge in [0.1, 0.15) is 35.1 Å². The SMILES string of the molecule is CC(C)(C)OC(=O)NC1=N[C@@]2(COC1)c1cc(O)ccc1Oc1c(F)cc(Br)cc12. The molecule has 9 heteroatoms. The Morgan fingerprint density at radius 1 is 1.30 bits per heavy atom. The molecule has 7 nitrogen and oxygen atoms in total. The largest absolute Gasteiger partial charge is 0.508 e. The van der Waals surface area contributed by atoms with Crippen LogP contribution in [-0.2, 0) is 15.0 Å². The third kappa shape index (κ3) is 3.75. The van der Waals surface area contributed by atoms with Gasteiger partial charge in [0.2, 0.25) is 0 Å². The maximum absolute atomic E-state index is 14.8. The molecule has 0 aliphatic carbocycles. The molecule has 0 fully saturated rings. The molecule has 2 heterocycles. The predicted octanol–water partition coefficient (Wildman–Crippen LogP) is 4.60. The quantitative estimate of drug-likeness (QED) is 0.577. The summed E-state index contributed by atoms with van der Waals surface area (Å²) >= 11 is 3.31. The number of halogens is 2. The van der Waals surface area contributed by atoms with Crippen LogP contribution in [0.1, 0.15) is 31.9 Å². The number of carbonyl (C=O) groups excluding carboxylic acids is 1. The fraction of sp³-hybridized carbons (Fsp3) is 0.333. The van der Waals surface area contributed by atoms with E-state index in [1.807, 2.05) is 0 Å². The van der Waals surface area contributed by atoms with Crippen LogP contribution < -0.4 is 10.1 Å². The van der Waals surface area contributed by atoms with Gasteiger partial charge in [-0.15, -0.1) is 0 Å². The van der Waals surface area contributed by atoms with E-state index < -0.39 is 23.1 Å². The summed E-state index contributed by atoms with van der Waals surface area (Å²) in [5.41, 5.74) is -1.00. The molecule has 0 unspecified atom stereocenters. The Hall–Kier alpha value is -2.65. The van der Waals surface area contributed by atoms with Gasteiger partial charge in [0, 0.05) is 15.6 Å². The van der Waals surface area contributed by atoms with E-state index in [0.29, 0.717) is 21.3 Å². The van der Waals surface area contributed by atoms with Crippen molar-refractivity contribution in [1.82, 2.24) is 5.32 Å². The molecule has 0 aromatic heterocycles. The average molecular weight is 479 g/mol. The number of benzene rings is 2. The van der Waals surface area contributed by atoms with Crippen molar-refractivity contribution in [2.45, 2.75) is 31.9 Å². The smallest absolute Gasteiger partial charge is 0.413 e. The first-order chi connectivity index (χ1) is 14.1. The van der Waals surface area contributed by atoms with Crippen molar-refractivity contribution < 1.29 is 28.5 Å². The Balaban J connectivity index is 1.86. The highest BCUT2D eigenvalue weighted by Gasteiger charge is 2.46. The number of hydrogen-bond acceptors (Lipinski definition) is 6. The zero-order valence-corrected chi connectivity index (χ0v) is 18.2. The molecule has 2 aliphatic rings. The Kier molecular flexibility index (Phi) is 4.98. The Morgan fingerprint density at radius 2 is 2.07 bits per heavy atom. The summed E-state index contributed by atoms with van der Waals surface area (Å²) in [5.74, 6) is 0.00523. The first kappa shape index (κ1) is 20.6. The van der Waals surface area contributed by atoms with E-state index in [9.17, 15) is 14.3 Å². The molecular formula is C21H20BrFN2O5. The zero-order valence-electron chi connectivity index (χ0n) is 16.6. The van der Waals surface area contributed by atoms with Gasteiger partial charge < -0.3 is 19.3 Å². The van der Waals surface area contributed by atoms with E-state index in [2.05, 4.69) is 21.2 Å². The number of nitrogens with one attached hydrogen (secondary N) is 1. The maximum atomic E-state index is 14.8. The number of fused-ring (bicyclic) bond motifs is 4. The topological polar surface area (TPSA) is 89.4 Å². The number of phenols is 1. The molecule has 1 amide bonds.